The van der Waals surface area contributed by atoms with Crippen molar-refractivity contribution < 1.29 is 14.6 Å². The van der Waals surface area contributed by atoms with Crippen LogP contribution in [-0.4, -0.2) is 30.3 Å². The lowest BCUT2D eigenvalue weighted by atomic mass is 10.1. The number of benzene rings is 1. The molecule has 1 aliphatic carbocycles. The first kappa shape index (κ1) is 15.6. The molecule has 1 saturated carbocycles. The minimum absolute atomic E-state index is 0.109. The number of amides is 1. The Morgan fingerprint density at radius 1 is 1.43 bits per heavy atom. The molecule has 2 unspecified atom stereocenters. The number of nitrogens with one attached hydrogen (secondary N) is 1. The van der Waals surface area contributed by atoms with Crippen LogP contribution in [0.5, 0.6) is 5.75 Å². The highest BCUT2D eigenvalue weighted by molar-refractivity contribution is 5.92. The second-order valence-electron chi connectivity index (χ2n) is 5.38. The second-order valence-corrected chi connectivity index (χ2v) is 5.38. The Kier molecular flexibility index (Phi) is 5.81. The van der Waals surface area contributed by atoms with E-state index in [2.05, 4.69) is 5.32 Å². The van der Waals surface area contributed by atoms with Crippen molar-refractivity contribution in [2.45, 2.75) is 32.3 Å². The zero-order chi connectivity index (χ0) is 15.1. The predicted molar refractivity (Wildman–Crippen MR) is 83.0 cm³/mol. The number of para-hydroxylation sites is 1. The van der Waals surface area contributed by atoms with E-state index in [1.165, 1.54) is 6.08 Å². The number of hydrogen-bond donors (Lipinski definition) is 2. The van der Waals surface area contributed by atoms with Crippen LogP contribution < -0.4 is 10.1 Å². The summed E-state index contributed by atoms with van der Waals surface area (Å²) in [4.78, 5) is 11.8. The molecule has 1 aliphatic rings. The maximum absolute atomic E-state index is 11.8. The summed E-state index contributed by atoms with van der Waals surface area (Å²) >= 11 is 0. The molecule has 2 rings (SSSR count). The molecule has 1 aromatic carbocycles. The highest BCUT2D eigenvalue weighted by Gasteiger charge is 2.22. The fourth-order valence-corrected chi connectivity index (χ4v) is 2.61. The van der Waals surface area contributed by atoms with Crippen LogP contribution in [0.15, 0.2) is 30.3 Å². The normalized spacial score (nSPS) is 21.6. The van der Waals surface area contributed by atoms with Gasteiger partial charge in [0.05, 0.1) is 12.7 Å². The van der Waals surface area contributed by atoms with E-state index in [1.807, 2.05) is 31.2 Å². The predicted octanol–water partition coefficient (Wildman–Crippen LogP) is 2.38. The number of ether oxygens (including phenoxy) is 1. The van der Waals surface area contributed by atoms with Gasteiger partial charge >= 0.3 is 0 Å². The Balaban J connectivity index is 1.84. The molecular formula is C17H23NO3. The van der Waals surface area contributed by atoms with E-state index in [-0.39, 0.29) is 12.0 Å². The fraction of sp³-hybridized carbons (Fsp3) is 0.471. The molecule has 0 saturated heterocycles. The summed E-state index contributed by atoms with van der Waals surface area (Å²) in [7, 11) is 0. The van der Waals surface area contributed by atoms with Gasteiger partial charge in [-0.05, 0) is 44.2 Å². The molecule has 1 amide bonds. The monoisotopic (exact) mass is 289 g/mol. The van der Waals surface area contributed by atoms with Crippen LogP contribution in [-0.2, 0) is 4.79 Å². The quantitative estimate of drug-likeness (QED) is 0.791. The summed E-state index contributed by atoms with van der Waals surface area (Å²) in [5, 5.41) is 12.3. The number of carbonyl (C=O) groups is 1. The zero-order valence-electron chi connectivity index (χ0n) is 12.4. The largest absolute Gasteiger partial charge is 0.493 e. The van der Waals surface area contributed by atoms with Crippen LogP contribution in [0.4, 0.5) is 0 Å². The second kappa shape index (κ2) is 7.84. The molecule has 4 nitrogen and oxygen atoms in total. The lowest BCUT2D eigenvalue weighted by Crippen LogP contribution is -2.26. The number of rotatable bonds is 6. The SMILES string of the molecule is CCOc1ccccc1/C=C/C(=O)NCC1CCC(O)C1. The van der Waals surface area contributed by atoms with Crippen LogP contribution >= 0.6 is 0 Å². The third kappa shape index (κ3) is 4.90. The lowest BCUT2D eigenvalue weighted by molar-refractivity contribution is -0.116. The molecule has 0 bridgehead atoms. The first-order valence-corrected chi connectivity index (χ1v) is 7.55. The molecule has 114 valence electrons. The van der Waals surface area contributed by atoms with E-state index in [1.54, 1.807) is 6.08 Å². The fourth-order valence-electron chi connectivity index (χ4n) is 2.61. The summed E-state index contributed by atoms with van der Waals surface area (Å²) in [6.07, 6.45) is 5.72. The van der Waals surface area contributed by atoms with Gasteiger partial charge in [-0.2, -0.15) is 0 Å². The summed E-state index contributed by atoms with van der Waals surface area (Å²) in [6, 6.07) is 7.64. The molecule has 1 fully saturated rings. The number of hydrogen-bond acceptors (Lipinski definition) is 3. The molecule has 2 atom stereocenters. The van der Waals surface area contributed by atoms with Gasteiger partial charge in [-0.1, -0.05) is 18.2 Å². The average Bonchev–Trinajstić information content (AvgIpc) is 2.90. The van der Waals surface area contributed by atoms with Crippen molar-refractivity contribution >= 4 is 12.0 Å². The minimum Gasteiger partial charge on any atom is -0.493 e. The molecular weight excluding hydrogens is 266 g/mol. The number of carbonyl (C=O) groups excluding carboxylic acids is 1. The Morgan fingerprint density at radius 3 is 2.95 bits per heavy atom. The Labute approximate surface area is 125 Å². The van der Waals surface area contributed by atoms with E-state index in [4.69, 9.17) is 4.74 Å². The van der Waals surface area contributed by atoms with Gasteiger partial charge in [-0.3, -0.25) is 4.79 Å². The maximum atomic E-state index is 11.8. The van der Waals surface area contributed by atoms with Crippen LogP contribution in [0.3, 0.4) is 0 Å². The smallest absolute Gasteiger partial charge is 0.244 e. The zero-order valence-corrected chi connectivity index (χ0v) is 12.4. The van der Waals surface area contributed by atoms with Crippen LogP contribution in [0.1, 0.15) is 31.7 Å². The molecule has 2 N–H and O–H groups in total. The molecule has 0 aromatic heterocycles. The Morgan fingerprint density at radius 2 is 2.24 bits per heavy atom. The van der Waals surface area contributed by atoms with Gasteiger partial charge in [0, 0.05) is 18.2 Å². The van der Waals surface area contributed by atoms with Crippen molar-refractivity contribution in [3.05, 3.63) is 35.9 Å². The van der Waals surface area contributed by atoms with E-state index in [9.17, 15) is 9.90 Å². The topological polar surface area (TPSA) is 58.6 Å². The maximum Gasteiger partial charge on any atom is 0.244 e. The molecule has 21 heavy (non-hydrogen) atoms. The van der Waals surface area contributed by atoms with Gasteiger partial charge in [-0.25, -0.2) is 0 Å². The number of aliphatic hydroxyl groups is 1. The van der Waals surface area contributed by atoms with Crippen molar-refractivity contribution in [1.82, 2.24) is 5.32 Å². The molecule has 1 aromatic rings. The van der Waals surface area contributed by atoms with Crippen LogP contribution in [0, 0.1) is 5.92 Å². The summed E-state index contributed by atoms with van der Waals surface area (Å²) < 4.78 is 5.51. The van der Waals surface area contributed by atoms with Crippen molar-refractivity contribution in [1.29, 1.82) is 0 Å². The van der Waals surface area contributed by atoms with E-state index in [0.717, 1.165) is 30.6 Å². The van der Waals surface area contributed by atoms with E-state index < -0.39 is 0 Å². The van der Waals surface area contributed by atoms with Crippen molar-refractivity contribution in [2.24, 2.45) is 5.92 Å². The lowest BCUT2D eigenvalue weighted by Gasteiger charge is -2.09. The van der Waals surface area contributed by atoms with E-state index in [0.29, 0.717) is 19.1 Å². The van der Waals surface area contributed by atoms with Gasteiger partial charge in [0.2, 0.25) is 5.91 Å². The molecule has 0 heterocycles. The number of aliphatic hydroxyl groups excluding tert-OH is 1. The van der Waals surface area contributed by atoms with Gasteiger partial charge in [-0.15, -0.1) is 0 Å². The Hall–Kier alpha value is -1.81. The van der Waals surface area contributed by atoms with Gasteiger partial charge in [0.1, 0.15) is 5.75 Å². The highest BCUT2D eigenvalue weighted by atomic mass is 16.5. The van der Waals surface area contributed by atoms with Crippen molar-refractivity contribution in [3.63, 3.8) is 0 Å². The van der Waals surface area contributed by atoms with Crippen molar-refractivity contribution in [2.75, 3.05) is 13.2 Å². The third-order valence-electron chi connectivity index (χ3n) is 3.71. The summed E-state index contributed by atoms with van der Waals surface area (Å²) in [5.74, 6) is 1.07. The molecule has 0 aliphatic heterocycles. The average molecular weight is 289 g/mol. The summed E-state index contributed by atoms with van der Waals surface area (Å²) in [6.45, 7) is 3.16. The standard InChI is InChI=1S/C17H23NO3/c1-2-21-16-6-4-3-5-14(16)8-10-17(20)18-12-13-7-9-15(19)11-13/h3-6,8,10,13,15,19H,2,7,9,11-12H2,1H3,(H,18,20)/b10-8+. The first-order chi connectivity index (χ1) is 10.2. The first-order valence-electron chi connectivity index (χ1n) is 7.55. The molecule has 0 spiro atoms. The third-order valence-corrected chi connectivity index (χ3v) is 3.71. The van der Waals surface area contributed by atoms with Gasteiger partial charge in [0.25, 0.3) is 0 Å². The minimum atomic E-state index is -0.194. The van der Waals surface area contributed by atoms with Gasteiger partial charge < -0.3 is 15.2 Å². The van der Waals surface area contributed by atoms with Crippen LogP contribution in [0.2, 0.25) is 0 Å². The van der Waals surface area contributed by atoms with Gasteiger partial charge in [0.15, 0.2) is 0 Å². The van der Waals surface area contributed by atoms with Crippen LogP contribution in [0.25, 0.3) is 6.08 Å². The highest BCUT2D eigenvalue weighted by Crippen LogP contribution is 2.24. The van der Waals surface area contributed by atoms with Crippen molar-refractivity contribution in [3.8, 4) is 5.75 Å². The molecule has 4 heteroatoms. The van der Waals surface area contributed by atoms with E-state index >= 15 is 0 Å². The Bertz CT molecular complexity index is 499. The summed E-state index contributed by atoms with van der Waals surface area (Å²) in [5.41, 5.74) is 0.894. The molecule has 0 radical (unpaired) electrons.